The molecule has 0 heterocycles. The third-order valence-electron chi connectivity index (χ3n) is 6.12. The molecule has 3 aromatic rings. The molecule has 0 bridgehead atoms. The Bertz CT molecular complexity index is 1390. The Morgan fingerprint density at radius 3 is 2.08 bits per heavy atom. The number of carbonyl (C=O) groups excluding carboxylic acids is 2. The van der Waals surface area contributed by atoms with Crippen LogP contribution < -0.4 is 14.4 Å². The van der Waals surface area contributed by atoms with Gasteiger partial charge in [-0.1, -0.05) is 48.9 Å². The highest BCUT2D eigenvalue weighted by molar-refractivity contribution is 7.92. The van der Waals surface area contributed by atoms with E-state index in [1.807, 2.05) is 39.8 Å². The quantitative estimate of drug-likeness (QED) is 0.331. The van der Waals surface area contributed by atoms with E-state index in [2.05, 4.69) is 5.32 Å². The molecule has 0 unspecified atom stereocenters. The number of carbonyl (C=O) groups is 2. The fraction of sp³-hybridized carbons (Fsp3) is 0.333. The molecule has 0 aliphatic rings. The Morgan fingerprint density at radius 2 is 1.55 bits per heavy atom. The number of rotatable bonds is 11. The molecule has 0 saturated heterocycles. The zero-order valence-electron chi connectivity index (χ0n) is 23.4. The van der Waals surface area contributed by atoms with E-state index in [1.165, 1.54) is 17.0 Å². The fourth-order valence-corrected chi connectivity index (χ4v) is 5.72. The predicted octanol–water partition coefficient (Wildman–Crippen LogP) is 5.27. The first-order valence-corrected chi connectivity index (χ1v) is 14.8. The van der Waals surface area contributed by atoms with E-state index < -0.39 is 34.1 Å². The second-order valence-corrected chi connectivity index (χ2v) is 12.6. The highest BCUT2D eigenvalue weighted by atomic mass is 35.5. The zero-order chi connectivity index (χ0) is 29.5. The van der Waals surface area contributed by atoms with Gasteiger partial charge in [0.2, 0.25) is 11.8 Å². The van der Waals surface area contributed by atoms with E-state index in [9.17, 15) is 18.0 Å². The molecule has 3 rings (SSSR count). The number of methoxy groups -OCH3 is 1. The summed E-state index contributed by atoms with van der Waals surface area (Å²) in [6.45, 7) is 6.98. The average molecular weight is 586 g/mol. The van der Waals surface area contributed by atoms with Crippen molar-refractivity contribution in [2.45, 2.75) is 57.1 Å². The Labute approximate surface area is 241 Å². The smallest absolute Gasteiger partial charge is 0.264 e. The van der Waals surface area contributed by atoms with Crippen molar-refractivity contribution in [2.24, 2.45) is 0 Å². The number of hydrogen-bond donors (Lipinski definition) is 1. The van der Waals surface area contributed by atoms with E-state index in [-0.39, 0.29) is 23.0 Å². The largest absolute Gasteiger partial charge is 0.497 e. The number of nitrogens with one attached hydrogen (secondary N) is 1. The van der Waals surface area contributed by atoms with E-state index >= 15 is 0 Å². The minimum Gasteiger partial charge on any atom is -0.497 e. The highest BCUT2D eigenvalue weighted by Gasteiger charge is 2.34. The molecule has 10 heteroatoms. The summed E-state index contributed by atoms with van der Waals surface area (Å²) in [5, 5.41) is 3.39. The van der Waals surface area contributed by atoms with Crippen LogP contribution in [0.1, 0.15) is 39.7 Å². The van der Waals surface area contributed by atoms with Gasteiger partial charge in [0.25, 0.3) is 10.0 Å². The van der Waals surface area contributed by atoms with Crippen LogP contribution in [-0.4, -0.2) is 50.4 Å². The van der Waals surface area contributed by atoms with Crippen molar-refractivity contribution in [1.29, 1.82) is 0 Å². The third kappa shape index (κ3) is 7.99. The van der Waals surface area contributed by atoms with Gasteiger partial charge in [-0.25, -0.2) is 8.42 Å². The van der Waals surface area contributed by atoms with E-state index in [1.54, 1.807) is 61.7 Å². The highest BCUT2D eigenvalue weighted by Crippen LogP contribution is 2.26. The molecule has 0 saturated carbocycles. The van der Waals surface area contributed by atoms with Crippen molar-refractivity contribution in [3.05, 3.63) is 89.4 Å². The van der Waals surface area contributed by atoms with Crippen molar-refractivity contribution in [1.82, 2.24) is 10.2 Å². The molecule has 2 amide bonds. The molecule has 3 aromatic carbocycles. The van der Waals surface area contributed by atoms with Crippen molar-refractivity contribution < 1.29 is 22.7 Å². The van der Waals surface area contributed by atoms with Gasteiger partial charge < -0.3 is 15.0 Å². The Balaban J connectivity index is 2.05. The number of ether oxygens (including phenoxy) is 1. The number of nitrogens with zero attached hydrogens (tertiary/aromatic N) is 2. The summed E-state index contributed by atoms with van der Waals surface area (Å²) >= 11 is 6.07. The lowest BCUT2D eigenvalue weighted by atomic mass is 10.1. The monoisotopic (exact) mass is 585 g/mol. The van der Waals surface area contributed by atoms with E-state index in [4.69, 9.17) is 16.3 Å². The van der Waals surface area contributed by atoms with Crippen molar-refractivity contribution in [3.8, 4) is 5.75 Å². The maximum atomic E-state index is 14.1. The lowest BCUT2D eigenvalue weighted by Gasteiger charge is -2.34. The molecule has 0 radical (unpaired) electrons. The van der Waals surface area contributed by atoms with Crippen LogP contribution in [0.15, 0.2) is 83.8 Å². The summed E-state index contributed by atoms with van der Waals surface area (Å²) in [5.74, 6) is -0.191. The molecule has 0 aromatic heterocycles. The van der Waals surface area contributed by atoms with Crippen LogP contribution >= 0.6 is 11.6 Å². The van der Waals surface area contributed by atoms with Gasteiger partial charge in [0.15, 0.2) is 0 Å². The number of sulfonamides is 1. The van der Waals surface area contributed by atoms with Crippen LogP contribution in [0, 0.1) is 0 Å². The van der Waals surface area contributed by atoms with Gasteiger partial charge in [0.05, 0.1) is 17.7 Å². The molecule has 1 atom stereocenters. The van der Waals surface area contributed by atoms with Crippen molar-refractivity contribution in [2.75, 3.05) is 18.0 Å². The Kier molecular flexibility index (Phi) is 10.2. The summed E-state index contributed by atoms with van der Waals surface area (Å²) in [7, 11) is -2.57. The molecule has 0 aliphatic heterocycles. The van der Waals surface area contributed by atoms with Crippen LogP contribution in [0.5, 0.6) is 5.75 Å². The number of anilines is 1. The van der Waals surface area contributed by atoms with Gasteiger partial charge in [-0.15, -0.1) is 0 Å². The second kappa shape index (κ2) is 13.2. The van der Waals surface area contributed by atoms with Crippen LogP contribution in [0.4, 0.5) is 5.69 Å². The van der Waals surface area contributed by atoms with Crippen LogP contribution in [0.2, 0.25) is 5.02 Å². The number of halogens is 1. The maximum Gasteiger partial charge on any atom is 0.264 e. The normalized spacial score (nSPS) is 12.3. The number of hydrogen-bond acceptors (Lipinski definition) is 5. The van der Waals surface area contributed by atoms with Gasteiger partial charge in [0.1, 0.15) is 18.3 Å². The van der Waals surface area contributed by atoms with Crippen molar-refractivity contribution >= 4 is 39.1 Å². The summed E-state index contributed by atoms with van der Waals surface area (Å²) in [5.41, 5.74) is 0.518. The molecule has 8 nitrogen and oxygen atoms in total. The van der Waals surface area contributed by atoms with Gasteiger partial charge in [0, 0.05) is 17.1 Å². The Morgan fingerprint density at radius 1 is 0.950 bits per heavy atom. The molecule has 40 heavy (non-hydrogen) atoms. The first-order valence-electron chi connectivity index (χ1n) is 12.9. The molecular formula is C30H36ClN3O5S. The van der Waals surface area contributed by atoms with Crippen LogP contribution in [0.25, 0.3) is 0 Å². The molecule has 1 N–H and O–H groups in total. The topological polar surface area (TPSA) is 96.0 Å². The Hall–Kier alpha value is -3.56. The first kappa shape index (κ1) is 31.0. The van der Waals surface area contributed by atoms with E-state index in [0.717, 1.165) is 9.87 Å². The molecule has 0 aliphatic carbocycles. The molecule has 0 spiro atoms. The van der Waals surface area contributed by atoms with Crippen molar-refractivity contribution in [3.63, 3.8) is 0 Å². The molecular weight excluding hydrogens is 550 g/mol. The SMILES string of the molecule is CC[C@H](C(=O)NC(C)(C)C)N(Cc1ccc(OC)cc1)C(=O)CN(c1ccc(Cl)cc1)S(=O)(=O)c1ccccc1. The number of benzene rings is 3. The number of amides is 2. The third-order valence-corrected chi connectivity index (χ3v) is 8.16. The summed E-state index contributed by atoms with van der Waals surface area (Å²) in [6, 6.07) is 20.5. The van der Waals surface area contributed by atoms with Gasteiger partial charge in [-0.3, -0.25) is 13.9 Å². The summed E-state index contributed by atoms with van der Waals surface area (Å²) in [6.07, 6.45) is 0.330. The summed E-state index contributed by atoms with van der Waals surface area (Å²) in [4.78, 5) is 28.9. The van der Waals surface area contributed by atoms with Gasteiger partial charge in [-0.05, 0) is 81.3 Å². The van der Waals surface area contributed by atoms with Gasteiger partial charge >= 0.3 is 0 Å². The molecule has 214 valence electrons. The first-order chi connectivity index (χ1) is 18.9. The second-order valence-electron chi connectivity index (χ2n) is 10.3. The lowest BCUT2D eigenvalue weighted by Crippen LogP contribution is -2.55. The minimum absolute atomic E-state index is 0.0389. The summed E-state index contributed by atoms with van der Waals surface area (Å²) < 4.78 is 33.9. The zero-order valence-corrected chi connectivity index (χ0v) is 25.0. The molecule has 0 fully saturated rings. The predicted molar refractivity (Wildman–Crippen MR) is 158 cm³/mol. The van der Waals surface area contributed by atoms with Gasteiger partial charge in [-0.2, -0.15) is 0 Å². The maximum absolute atomic E-state index is 14.1. The minimum atomic E-state index is -4.13. The fourth-order valence-electron chi connectivity index (χ4n) is 4.16. The van der Waals surface area contributed by atoms with Crippen LogP contribution in [0.3, 0.4) is 0 Å². The average Bonchev–Trinajstić information content (AvgIpc) is 2.92. The van der Waals surface area contributed by atoms with Crippen LogP contribution in [-0.2, 0) is 26.2 Å². The lowest BCUT2D eigenvalue weighted by molar-refractivity contribution is -0.141. The standard InChI is InChI=1S/C30H36ClN3O5S/c1-6-27(29(36)32-30(2,3)4)33(20-22-12-18-25(39-5)19-13-22)28(35)21-34(24-16-14-23(31)15-17-24)40(37,38)26-10-8-7-9-11-26/h7-19,27H,6,20-21H2,1-5H3,(H,32,36)/t27-/m1/s1. The van der Waals surface area contributed by atoms with E-state index in [0.29, 0.717) is 17.2 Å².